The van der Waals surface area contributed by atoms with Crippen molar-refractivity contribution < 1.29 is 9.90 Å². The Morgan fingerprint density at radius 2 is 2.25 bits per heavy atom. The fourth-order valence-corrected chi connectivity index (χ4v) is 2.77. The minimum atomic E-state index is 0.157. The number of nitrogen functional groups attached to an aromatic ring is 1. The first kappa shape index (κ1) is 16.0. The molecule has 0 radical (unpaired) electrons. The number of anilines is 1. The van der Waals surface area contributed by atoms with Crippen molar-refractivity contribution in [1.82, 2.24) is 14.9 Å². The maximum atomic E-state index is 11.8. The van der Waals surface area contributed by atoms with Gasteiger partial charge in [-0.25, -0.2) is 9.97 Å². The standard InChI is InChI=1S/C18H20N4O2/c1-2-16(24)22-8-6-12(7-9-22)15-11-20-18(19)17(21-15)13-4-3-5-14(23)10-13/h3-6,10-11,23H,2,7-9H2,1H3,(H2,19,20). The van der Waals surface area contributed by atoms with E-state index in [1.54, 1.807) is 24.4 Å². The number of phenolic OH excluding ortho intramolecular Hbond substituents is 1. The fourth-order valence-electron chi connectivity index (χ4n) is 2.77. The van der Waals surface area contributed by atoms with Gasteiger partial charge in [-0.15, -0.1) is 0 Å². The number of phenols is 1. The van der Waals surface area contributed by atoms with Crippen molar-refractivity contribution in [2.24, 2.45) is 0 Å². The highest BCUT2D eigenvalue weighted by atomic mass is 16.3. The third-order valence-corrected chi connectivity index (χ3v) is 4.11. The maximum Gasteiger partial charge on any atom is 0.222 e. The Bertz CT molecular complexity index is 801. The summed E-state index contributed by atoms with van der Waals surface area (Å²) in [6.45, 7) is 3.15. The van der Waals surface area contributed by atoms with Gasteiger partial charge in [0.2, 0.25) is 5.91 Å². The molecule has 0 saturated heterocycles. The molecule has 0 aliphatic carbocycles. The number of hydrogen-bond acceptors (Lipinski definition) is 5. The largest absolute Gasteiger partial charge is 0.508 e. The summed E-state index contributed by atoms with van der Waals surface area (Å²) in [6.07, 6.45) is 4.94. The first-order valence-corrected chi connectivity index (χ1v) is 7.97. The molecule has 0 atom stereocenters. The van der Waals surface area contributed by atoms with Gasteiger partial charge in [-0.1, -0.05) is 25.1 Å². The number of hydrogen-bond donors (Lipinski definition) is 2. The average molecular weight is 324 g/mol. The maximum absolute atomic E-state index is 11.8. The third-order valence-electron chi connectivity index (χ3n) is 4.11. The van der Waals surface area contributed by atoms with Gasteiger partial charge < -0.3 is 15.7 Å². The molecule has 1 aliphatic rings. The van der Waals surface area contributed by atoms with E-state index in [2.05, 4.69) is 9.97 Å². The van der Waals surface area contributed by atoms with E-state index in [1.807, 2.05) is 24.0 Å². The molecule has 1 aromatic carbocycles. The van der Waals surface area contributed by atoms with E-state index < -0.39 is 0 Å². The van der Waals surface area contributed by atoms with Crippen LogP contribution in [0.4, 0.5) is 5.82 Å². The van der Waals surface area contributed by atoms with E-state index in [9.17, 15) is 9.90 Å². The summed E-state index contributed by atoms with van der Waals surface area (Å²) in [4.78, 5) is 22.5. The Kier molecular flexibility index (Phi) is 4.46. The van der Waals surface area contributed by atoms with Crippen LogP contribution in [0.25, 0.3) is 16.8 Å². The highest BCUT2D eigenvalue weighted by molar-refractivity contribution is 5.78. The lowest BCUT2D eigenvalue weighted by atomic mass is 10.0. The van der Waals surface area contributed by atoms with Crippen molar-refractivity contribution in [3.63, 3.8) is 0 Å². The number of carbonyl (C=O) groups excluding carboxylic acids is 1. The number of benzene rings is 1. The molecule has 24 heavy (non-hydrogen) atoms. The summed E-state index contributed by atoms with van der Waals surface area (Å²) in [5, 5.41) is 9.65. The number of carbonyl (C=O) groups is 1. The molecule has 0 saturated carbocycles. The lowest BCUT2D eigenvalue weighted by Crippen LogP contribution is -2.34. The predicted molar refractivity (Wildman–Crippen MR) is 93.0 cm³/mol. The molecular weight excluding hydrogens is 304 g/mol. The lowest BCUT2D eigenvalue weighted by molar-refractivity contribution is -0.130. The molecule has 1 amide bonds. The van der Waals surface area contributed by atoms with E-state index in [-0.39, 0.29) is 11.7 Å². The van der Waals surface area contributed by atoms with E-state index in [1.165, 1.54) is 0 Å². The Balaban J connectivity index is 1.90. The zero-order chi connectivity index (χ0) is 17.1. The number of amides is 1. The Labute approximate surface area is 140 Å². The lowest BCUT2D eigenvalue weighted by Gasteiger charge is -2.26. The van der Waals surface area contributed by atoms with Crippen LogP contribution in [0.5, 0.6) is 5.75 Å². The number of rotatable bonds is 3. The van der Waals surface area contributed by atoms with Crippen molar-refractivity contribution >= 4 is 17.3 Å². The first-order chi connectivity index (χ1) is 11.6. The molecule has 6 nitrogen and oxygen atoms in total. The molecule has 1 aliphatic heterocycles. The molecule has 0 unspecified atom stereocenters. The molecule has 1 aromatic heterocycles. The van der Waals surface area contributed by atoms with Crippen LogP contribution in [0.1, 0.15) is 25.5 Å². The smallest absolute Gasteiger partial charge is 0.222 e. The summed E-state index contributed by atoms with van der Waals surface area (Å²) in [6, 6.07) is 6.79. The van der Waals surface area contributed by atoms with E-state index >= 15 is 0 Å². The highest BCUT2D eigenvalue weighted by Gasteiger charge is 2.18. The summed E-state index contributed by atoms with van der Waals surface area (Å²) in [5.74, 6) is 0.641. The molecule has 0 bridgehead atoms. The normalized spacial score (nSPS) is 14.4. The van der Waals surface area contributed by atoms with Gasteiger partial charge in [0.05, 0.1) is 11.9 Å². The minimum absolute atomic E-state index is 0.157. The van der Waals surface area contributed by atoms with Crippen LogP contribution in [0.2, 0.25) is 0 Å². The number of nitrogens with two attached hydrogens (primary N) is 1. The van der Waals surface area contributed by atoms with E-state index in [0.717, 1.165) is 23.3 Å². The van der Waals surface area contributed by atoms with Gasteiger partial charge in [0, 0.05) is 25.1 Å². The summed E-state index contributed by atoms with van der Waals surface area (Å²) < 4.78 is 0. The number of nitrogens with zero attached hydrogens (tertiary/aromatic N) is 3. The number of aromatic nitrogens is 2. The molecular formula is C18H20N4O2. The topological polar surface area (TPSA) is 92.3 Å². The summed E-state index contributed by atoms with van der Waals surface area (Å²) in [5.41, 5.74) is 9.04. The third kappa shape index (κ3) is 3.22. The van der Waals surface area contributed by atoms with Gasteiger partial charge in [-0.3, -0.25) is 4.79 Å². The molecule has 0 spiro atoms. The van der Waals surface area contributed by atoms with Gasteiger partial charge in [0.15, 0.2) is 0 Å². The van der Waals surface area contributed by atoms with Crippen LogP contribution in [0, 0.1) is 0 Å². The van der Waals surface area contributed by atoms with Crippen LogP contribution in [-0.4, -0.2) is 39.0 Å². The zero-order valence-electron chi connectivity index (χ0n) is 13.6. The highest BCUT2D eigenvalue weighted by Crippen LogP contribution is 2.28. The molecule has 0 fully saturated rings. The second-order valence-corrected chi connectivity index (χ2v) is 5.71. The van der Waals surface area contributed by atoms with Crippen molar-refractivity contribution in [3.05, 3.63) is 42.2 Å². The molecule has 6 heteroatoms. The second-order valence-electron chi connectivity index (χ2n) is 5.71. The molecule has 124 valence electrons. The molecule has 3 N–H and O–H groups in total. The Morgan fingerprint density at radius 1 is 1.42 bits per heavy atom. The van der Waals surface area contributed by atoms with Crippen LogP contribution >= 0.6 is 0 Å². The number of aromatic hydroxyl groups is 1. The van der Waals surface area contributed by atoms with Gasteiger partial charge in [-0.2, -0.15) is 0 Å². The molecule has 2 heterocycles. The Hall–Kier alpha value is -2.89. The quantitative estimate of drug-likeness (QED) is 0.905. The molecule has 2 aromatic rings. The van der Waals surface area contributed by atoms with Crippen molar-refractivity contribution in [2.75, 3.05) is 18.8 Å². The van der Waals surface area contributed by atoms with Crippen LogP contribution in [-0.2, 0) is 4.79 Å². The van der Waals surface area contributed by atoms with E-state index in [4.69, 9.17) is 5.73 Å². The summed E-state index contributed by atoms with van der Waals surface area (Å²) in [7, 11) is 0. The van der Waals surface area contributed by atoms with Gasteiger partial charge in [-0.05, 0) is 24.1 Å². The van der Waals surface area contributed by atoms with Crippen molar-refractivity contribution in [1.29, 1.82) is 0 Å². The van der Waals surface area contributed by atoms with E-state index in [0.29, 0.717) is 31.0 Å². The SMILES string of the molecule is CCC(=O)N1CC=C(c2cnc(N)c(-c3cccc(O)c3)n2)CC1. The average Bonchev–Trinajstić information content (AvgIpc) is 2.61. The van der Waals surface area contributed by atoms with Gasteiger partial charge in [0.1, 0.15) is 17.3 Å². The molecule has 3 rings (SSSR count). The van der Waals surface area contributed by atoms with Crippen molar-refractivity contribution in [3.8, 4) is 17.0 Å². The van der Waals surface area contributed by atoms with Crippen LogP contribution in [0.15, 0.2) is 36.5 Å². The van der Waals surface area contributed by atoms with Crippen LogP contribution < -0.4 is 5.73 Å². The Morgan fingerprint density at radius 3 is 2.92 bits per heavy atom. The zero-order valence-corrected chi connectivity index (χ0v) is 13.6. The minimum Gasteiger partial charge on any atom is -0.508 e. The van der Waals surface area contributed by atoms with Gasteiger partial charge in [0.25, 0.3) is 0 Å². The second kappa shape index (κ2) is 6.70. The first-order valence-electron chi connectivity index (χ1n) is 7.97. The fraction of sp³-hybridized carbons (Fsp3) is 0.278. The predicted octanol–water partition coefficient (Wildman–Crippen LogP) is 2.46. The monoisotopic (exact) mass is 324 g/mol. The van der Waals surface area contributed by atoms with Crippen LogP contribution in [0.3, 0.4) is 0 Å². The summed E-state index contributed by atoms with van der Waals surface area (Å²) >= 11 is 0. The van der Waals surface area contributed by atoms with Gasteiger partial charge >= 0.3 is 0 Å². The van der Waals surface area contributed by atoms with Crippen molar-refractivity contribution in [2.45, 2.75) is 19.8 Å².